The van der Waals surface area contributed by atoms with Gasteiger partial charge in [-0.1, -0.05) is 32.4 Å². The van der Waals surface area contributed by atoms with Gasteiger partial charge in [0.1, 0.15) is 5.15 Å². The minimum Gasteiger partial charge on any atom is -0.391 e. The van der Waals surface area contributed by atoms with Gasteiger partial charge in [-0.25, -0.2) is 9.67 Å². The van der Waals surface area contributed by atoms with E-state index in [2.05, 4.69) is 15.1 Å². The van der Waals surface area contributed by atoms with Gasteiger partial charge in [0.15, 0.2) is 5.82 Å². The lowest BCUT2D eigenvalue weighted by atomic mass is 9.90. The van der Waals surface area contributed by atoms with Crippen molar-refractivity contribution in [2.75, 3.05) is 0 Å². The van der Waals surface area contributed by atoms with Crippen molar-refractivity contribution in [2.45, 2.75) is 32.8 Å². The zero-order valence-electron chi connectivity index (χ0n) is 10.6. The molecule has 2 aromatic heterocycles. The molecule has 0 aliphatic rings. The summed E-state index contributed by atoms with van der Waals surface area (Å²) in [6.45, 7) is 5.91. The van der Waals surface area contributed by atoms with Crippen LogP contribution in [0.25, 0.3) is 5.82 Å². The molecule has 0 spiro atoms. The lowest BCUT2D eigenvalue weighted by Gasteiger charge is -2.16. The first kappa shape index (κ1) is 13.0. The van der Waals surface area contributed by atoms with Gasteiger partial charge in [-0.2, -0.15) is 5.10 Å². The quantitative estimate of drug-likeness (QED) is 0.904. The van der Waals surface area contributed by atoms with Crippen molar-refractivity contribution >= 4 is 11.6 Å². The molecule has 0 amide bonds. The summed E-state index contributed by atoms with van der Waals surface area (Å²) >= 11 is 6.24. The smallest absolute Gasteiger partial charge is 0.173 e. The van der Waals surface area contributed by atoms with Crippen LogP contribution in [-0.4, -0.2) is 24.9 Å². The van der Waals surface area contributed by atoms with Gasteiger partial charge in [0.05, 0.1) is 18.5 Å². The Balaban J connectivity index is 2.61. The Morgan fingerprint density at radius 2 is 2.06 bits per heavy atom. The molecule has 0 saturated heterocycles. The van der Waals surface area contributed by atoms with Crippen LogP contribution in [0.4, 0.5) is 0 Å². The number of hydrogen-bond donors (Lipinski definition) is 1. The van der Waals surface area contributed by atoms with Gasteiger partial charge in [-0.05, 0) is 0 Å². The summed E-state index contributed by atoms with van der Waals surface area (Å²) < 4.78 is 1.50. The van der Waals surface area contributed by atoms with Crippen LogP contribution < -0.4 is 0 Å². The lowest BCUT2D eigenvalue weighted by Crippen LogP contribution is -2.15. The molecule has 0 fully saturated rings. The number of nitrogens with zero attached hydrogens (tertiary/aromatic N) is 4. The van der Waals surface area contributed by atoms with Crippen molar-refractivity contribution < 1.29 is 5.11 Å². The zero-order valence-corrected chi connectivity index (χ0v) is 11.3. The standard InChI is InChI=1S/C12H15ClN4O/c1-12(2,3)10-8(7-18)11(13)17(16-10)9-6-14-4-5-15-9/h4-6,18H,7H2,1-3H3. The summed E-state index contributed by atoms with van der Waals surface area (Å²) in [5, 5.41) is 14.3. The van der Waals surface area contributed by atoms with Crippen LogP contribution in [0.15, 0.2) is 18.6 Å². The maximum absolute atomic E-state index is 9.45. The molecule has 6 heteroatoms. The van der Waals surface area contributed by atoms with Gasteiger partial charge >= 0.3 is 0 Å². The third kappa shape index (κ3) is 2.23. The predicted octanol–water partition coefficient (Wildman–Crippen LogP) is 2.11. The van der Waals surface area contributed by atoms with Crippen LogP contribution in [0.1, 0.15) is 32.0 Å². The van der Waals surface area contributed by atoms with E-state index in [0.29, 0.717) is 16.5 Å². The Morgan fingerprint density at radius 3 is 2.50 bits per heavy atom. The number of hydrogen-bond acceptors (Lipinski definition) is 4. The predicted molar refractivity (Wildman–Crippen MR) is 68.8 cm³/mol. The van der Waals surface area contributed by atoms with Crippen molar-refractivity contribution in [1.82, 2.24) is 19.7 Å². The molecule has 0 saturated carbocycles. The van der Waals surface area contributed by atoms with Crippen molar-refractivity contribution in [3.63, 3.8) is 0 Å². The van der Waals surface area contributed by atoms with Crippen LogP contribution in [-0.2, 0) is 12.0 Å². The maximum Gasteiger partial charge on any atom is 0.173 e. The number of halogens is 1. The molecule has 1 N–H and O–H groups in total. The highest BCUT2D eigenvalue weighted by molar-refractivity contribution is 6.30. The fourth-order valence-electron chi connectivity index (χ4n) is 1.72. The van der Waals surface area contributed by atoms with Gasteiger partial charge in [-0.15, -0.1) is 0 Å². The summed E-state index contributed by atoms with van der Waals surface area (Å²) in [5.41, 5.74) is 1.20. The first-order chi connectivity index (χ1) is 8.45. The van der Waals surface area contributed by atoms with E-state index in [4.69, 9.17) is 11.6 Å². The highest BCUT2D eigenvalue weighted by atomic mass is 35.5. The van der Waals surface area contributed by atoms with Gasteiger partial charge in [0.25, 0.3) is 0 Å². The van der Waals surface area contributed by atoms with Crippen molar-refractivity contribution in [3.05, 3.63) is 35.0 Å². The molecule has 0 aliphatic carbocycles. The summed E-state index contributed by atoms with van der Waals surface area (Å²) in [6, 6.07) is 0. The number of rotatable bonds is 2. The third-order valence-corrected chi connectivity index (χ3v) is 2.94. The van der Waals surface area contributed by atoms with Gasteiger partial charge in [-0.3, -0.25) is 4.98 Å². The molecule has 0 bridgehead atoms. The number of aliphatic hydroxyl groups excluding tert-OH is 1. The molecule has 2 heterocycles. The maximum atomic E-state index is 9.45. The normalized spacial score (nSPS) is 11.8. The van der Waals surface area contributed by atoms with E-state index < -0.39 is 0 Å². The average Bonchev–Trinajstić information content (AvgIpc) is 2.67. The third-order valence-electron chi connectivity index (χ3n) is 2.56. The van der Waals surface area contributed by atoms with Crippen LogP contribution in [0.3, 0.4) is 0 Å². The van der Waals surface area contributed by atoms with E-state index in [9.17, 15) is 5.11 Å². The molecule has 0 aromatic carbocycles. The Hall–Kier alpha value is -1.46. The van der Waals surface area contributed by atoms with E-state index in [0.717, 1.165) is 5.69 Å². The molecule has 5 nitrogen and oxygen atoms in total. The van der Waals surface area contributed by atoms with E-state index in [1.54, 1.807) is 18.6 Å². The molecule has 18 heavy (non-hydrogen) atoms. The van der Waals surface area contributed by atoms with E-state index in [-0.39, 0.29) is 12.0 Å². The van der Waals surface area contributed by atoms with Gasteiger partial charge in [0, 0.05) is 23.4 Å². The first-order valence-corrected chi connectivity index (χ1v) is 5.98. The summed E-state index contributed by atoms with van der Waals surface area (Å²) in [7, 11) is 0. The van der Waals surface area contributed by atoms with Gasteiger partial charge < -0.3 is 5.11 Å². The highest BCUT2D eigenvalue weighted by Gasteiger charge is 2.26. The fraction of sp³-hybridized carbons (Fsp3) is 0.417. The molecular formula is C12H15ClN4O. The second-order valence-corrected chi connectivity index (χ2v) is 5.36. The summed E-state index contributed by atoms with van der Waals surface area (Å²) in [5.74, 6) is 0.535. The Labute approximate surface area is 110 Å². The molecule has 96 valence electrons. The Bertz CT molecular complexity index is 545. The number of aromatic nitrogens is 4. The Morgan fingerprint density at radius 1 is 1.33 bits per heavy atom. The first-order valence-electron chi connectivity index (χ1n) is 5.60. The SMILES string of the molecule is CC(C)(C)c1nn(-c2cnccn2)c(Cl)c1CO. The number of aliphatic hydroxyl groups is 1. The minimum atomic E-state index is -0.199. The van der Waals surface area contributed by atoms with Crippen molar-refractivity contribution in [2.24, 2.45) is 0 Å². The minimum absolute atomic E-state index is 0.147. The zero-order chi connectivity index (χ0) is 13.3. The van der Waals surface area contributed by atoms with Crippen molar-refractivity contribution in [1.29, 1.82) is 0 Å². The molecular weight excluding hydrogens is 252 g/mol. The molecule has 2 rings (SSSR count). The molecule has 0 unspecified atom stereocenters. The van der Waals surface area contributed by atoms with E-state index >= 15 is 0 Å². The molecule has 0 aliphatic heterocycles. The lowest BCUT2D eigenvalue weighted by molar-refractivity contribution is 0.278. The summed E-state index contributed by atoms with van der Waals surface area (Å²) in [4.78, 5) is 8.14. The average molecular weight is 267 g/mol. The monoisotopic (exact) mass is 266 g/mol. The van der Waals surface area contributed by atoms with Crippen LogP contribution in [0.2, 0.25) is 5.15 Å². The highest BCUT2D eigenvalue weighted by Crippen LogP contribution is 2.31. The fourth-order valence-corrected chi connectivity index (χ4v) is 2.00. The molecule has 2 aromatic rings. The van der Waals surface area contributed by atoms with Crippen LogP contribution >= 0.6 is 11.6 Å². The second kappa shape index (κ2) is 4.66. The topological polar surface area (TPSA) is 63.8 Å². The van der Waals surface area contributed by atoms with E-state index in [1.807, 2.05) is 20.8 Å². The largest absolute Gasteiger partial charge is 0.391 e. The van der Waals surface area contributed by atoms with Gasteiger partial charge in [0.2, 0.25) is 0 Å². The van der Waals surface area contributed by atoms with Crippen LogP contribution in [0.5, 0.6) is 0 Å². The van der Waals surface area contributed by atoms with Crippen LogP contribution in [0, 0.1) is 0 Å². The molecule has 0 radical (unpaired) electrons. The molecule has 0 atom stereocenters. The second-order valence-electron chi connectivity index (χ2n) is 5.00. The Kier molecular flexibility index (Phi) is 3.36. The summed E-state index contributed by atoms with van der Waals surface area (Å²) in [6.07, 6.45) is 4.73. The van der Waals surface area contributed by atoms with Crippen molar-refractivity contribution in [3.8, 4) is 5.82 Å². The van der Waals surface area contributed by atoms with E-state index in [1.165, 1.54) is 4.68 Å².